The Morgan fingerprint density at radius 3 is 1.20 bits per heavy atom. The van der Waals surface area contributed by atoms with Gasteiger partial charge in [0, 0.05) is 40.1 Å². The molecule has 6 rings (SSSR count). The summed E-state index contributed by atoms with van der Waals surface area (Å²) in [6, 6.07) is 27.4. The first kappa shape index (κ1) is 63.4. The first-order valence-corrected chi connectivity index (χ1v) is 25.6. The number of nitrogens with zero attached hydrogens (tertiary/aromatic N) is 2. The van der Waals surface area contributed by atoms with E-state index in [2.05, 4.69) is 0 Å². The van der Waals surface area contributed by atoms with Crippen LogP contribution < -0.4 is 0 Å². The largest absolute Gasteiger partial charge is 0.598 e. The summed E-state index contributed by atoms with van der Waals surface area (Å²) < 4.78 is 230. The molecule has 0 radical (unpaired) electrons. The fourth-order valence-corrected chi connectivity index (χ4v) is 8.84. The van der Waals surface area contributed by atoms with Crippen molar-refractivity contribution in [2.45, 2.75) is 160 Å². The molecule has 0 atom stereocenters. The van der Waals surface area contributed by atoms with Gasteiger partial charge in [-0.05, 0) is 79.2 Å². The van der Waals surface area contributed by atoms with Crippen molar-refractivity contribution in [2.75, 3.05) is 13.2 Å². The molecule has 2 heterocycles. The Morgan fingerprint density at radius 1 is 0.475 bits per heavy atom. The molecule has 1 aromatic heterocycles. The second kappa shape index (κ2) is 22.2. The van der Waals surface area contributed by atoms with Gasteiger partial charge in [0.25, 0.3) is 5.92 Å². The van der Waals surface area contributed by atoms with E-state index in [9.17, 15) is 39.5 Å². The summed E-state index contributed by atoms with van der Waals surface area (Å²) in [5, 5.41) is 0. The van der Waals surface area contributed by atoms with Crippen LogP contribution in [0.5, 0.6) is 0 Å². The monoisotopic (exact) mass is 1140 g/mol. The normalized spacial score (nSPS) is 15.3. The first-order chi connectivity index (χ1) is 36.3. The molecule has 0 amide bonds. The lowest BCUT2D eigenvalue weighted by Gasteiger charge is -2.28. The van der Waals surface area contributed by atoms with Crippen LogP contribution in [0.1, 0.15) is 141 Å². The average molecular weight is 1140 g/mol. The number of aromatic nitrogens is 1. The smallest absolute Gasteiger partial charge is 0.385 e. The van der Waals surface area contributed by atoms with Gasteiger partial charge in [-0.2, -0.15) is 57.1 Å². The zero-order valence-corrected chi connectivity index (χ0v) is 46.4. The van der Waals surface area contributed by atoms with Crippen molar-refractivity contribution >= 4 is 24.1 Å². The van der Waals surface area contributed by atoms with E-state index in [0.29, 0.717) is 26.7 Å². The number of hydrogen-bond donors (Lipinski definition) is 0. The van der Waals surface area contributed by atoms with Gasteiger partial charge >= 0.3 is 37.6 Å². The third-order valence-corrected chi connectivity index (χ3v) is 13.6. The van der Waals surface area contributed by atoms with Gasteiger partial charge in [0.1, 0.15) is 19.6 Å². The fraction of sp³-hybridized carbons (Fsp3) is 0.450. The van der Waals surface area contributed by atoms with Crippen molar-refractivity contribution in [3.63, 3.8) is 0 Å². The molecule has 0 spiro atoms. The molecule has 0 N–H and O–H groups in total. The SMILES string of the molecule is CC(C)(C)c1ccc(C2=CC(c3ccc(C(C)(C)C)cc3)=N/C2=C(/CCC(F)(F)CC(F)(F)F)c2c(-c3ccc(C(C)(C)C)cc3)cc(-c3ccc(C(C)(C)C)cc3)n2B(OCC(F)(F)C(F)(F)F)OCC(F)(F)C(F)(F)F)cc1. The summed E-state index contributed by atoms with van der Waals surface area (Å²) in [5.41, 5.74) is 0.551. The average Bonchev–Trinajstić information content (AvgIpc) is 3.93. The van der Waals surface area contributed by atoms with Crippen LogP contribution in [-0.4, -0.2) is 67.0 Å². The van der Waals surface area contributed by atoms with Gasteiger partial charge in [0.15, 0.2) is 0 Å². The number of benzene rings is 4. The van der Waals surface area contributed by atoms with Gasteiger partial charge in [-0.1, -0.05) is 180 Å². The Morgan fingerprint density at radius 2 is 0.838 bits per heavy atom. The molecule has 1 aliphatic rings. The van der Waals surface area contributed by atoms with E-state index in [0.717, 1.165) is 11.1 Å². The molecule has 4 aromatic carbocycles. The maximum absolute atomic E-state index is 16.1. The van der Waals surface area contributed by atoms with Gasteiger partial charge in [-0.3, -0.25) is 0 Å². The molecule has 0 unspecified atom stereocenters. The van der Waals surface area contributed by atoms with E-state index in [-0.39, 0.29) is 44.8 Å². The topological polar surface area (TPSA) is 35.8 Å². The predicted octanol–water partition coefficient (Wildman–Crippen LogP) is 18.9. The molecule has 0 bridgehead atoms. The van der Waals surface area contributed by atoms with Crippen molar-refractivity contribution in [1.29, 1.82) is 0 Å². The maximum atomic E-state index is 16.1. The molecule has 0 aliphatic carbocycles. The lowest BCUT2D eigenvalue weighted by molar-refractivity contribution is -0.295. The molecule has 80 heavy (non-hydrogen) atoms. The number of allylic oxidation sites excluding steroid dienone is 3. The van der Waals surface area contributed by atoms with Crippen molar-refractivity contribution in [3.8, 4) is 22.4 Å². The van der Waals surface area contributed by atoms with Crippen LogP contribution in [0, 0.1) is 0 Å². The highest BCUT2D eigenvalue weighted by molar-refractivity contribution is 6.44. The summed E-state index contributed by atoms with van der Waals surface area (Å²) in [6.07, 6.45) is -22.1. The van der Waals surface area contributed by atoms with Gasteiger partial charge in [0.2, 0.25) is 0 Å². The lowest BCUT2D eigenvalue weighted by atomic mass is 9.85. The Balaban J connectivity index is 1.87. The highest BCUT2D eigenvalue weighted by Gasteiger charge is 2.60. The van der Waals surface area contributed by atoms with Crippen molar-refractivity contribution < 1.29 is 75.2 Å². The third-order valence-electron chi connectivity index (χ3n) is 13.6. The van der Waals surface area contributed by atoms with Crippen molar-refractivity contribution in [3.05, 3.63) is 154 Å². The zero-order chi connectivity index (χ0) is 60.2. The van der Waals surface area contributed by atoms with E-state index in [1.807, 2.05) is 83.1 Å². The summed E-state index contributed by atoms with van der Waals surface area (Å²) >= 11 is 0. The first-order valence-electron chi connectivity index (χ1n) is 25.6. The molecule has 5 aromatic rings. The molecular formula is C60H64BF15N2O2. The second-order valence-corrected chi connectivity index (χ2v) is 24.3. The highest BCUT2D eigenvalue weighted by Crippen LogP contribution is 2.48. The highest BCUT2D eigenvalue weighted by atomic mass is 19.4. The van der Waals surface area contributed by atoms with Crippen LogP contribution in [0.2, 0.25) is 0 Å². The molecule has 434 valence electrons. The van der Waals surface area contributed by atoms with Gasteiger partial charge in [0.05, 0.1) is 11.4 Å². The second-order valence-electron chi connectivity index (χ2n) is 24.3. The minimum absolute atomic E-state index is 0.00555. The number of rotatable bonds is 16. The third kappa shape index (κ3) is 15.0. The quantitative estimate of drug-likeness (QED) is 0.0729. The number of aliphatic imine (C=N–C) groups is 1. The minimum Gasteiger partial charge on any atom is -0.385 e. The molecule has 0 saturated carbocycles. The Labute approximate surface area is 457 Å². The number of halogens is 15. The Kier molecular flexibility index (Phi) is 17.6. The standard InChI is InChI=1S/C60H64BF15N2O2/c1-51(2,3)40-21-13-36(14-22-40)45-31-47(38-17-25-42(26-18-38)53(7,8)9)77-49(45)44(29-30-55(62,63)33-58(68,69)70)50-46(37-15-23-41(24-16-37)52(4,5)6)32-48(39-19-27-43(28-20-39)54(10,11)12)78(50)61(79-34-56(64,65)59(71,72)73)80-35-57(66,67)60(74,75)76/h13-28,31-32H,29-30,33-35H2,1-12H3/b49-44-. The van der Waals surface area contributed by atoms with E-state index in [4.69, 9.17) is 14.3 Å². The Hall–Kier alpha value is -5.76. The van der Waals surface area contributed by atoms with Crippen LogP contribution in [0.4, 0.5) is 65.9 Å². The van der Waals surface area contributed by atoms with Gasteiger partial charge in [-0.15, -0.1) is 0 Å². The van der Waals surface area contributed by atoms with Crippen LogP contribution in [0.15, 0.2) is 120 Å². The van der Waals surface area contributed by atoms with Gasteiger partial charge in [-0.25, -0.2) is 13.8 Å². The lowest BCUT2D eigenvalue weighted by Crippen LogP contribution is -2.48. The van der Waals surface area contributed by atoms with Crippen LogP contribution in [-0.2, 0) is 31.0 Å². The van der Waals surface area contributed by atoms with Crippen molar-refractivity contribution in [1.82, 2.24) is 4.48 Å². The molecule has 1 aliphatic heterocycles. The van der Waals surface area contributed by atoms with Crippen LogP contribution in [0.25, 0.3) is 33.5 Å². The van der Waals surface area contributed by atoms with E-state index in [1.165, 1.54) is 30.3 Å². The molecule has 20 heteroatoms. The molecular weight excluding hydrogens is 1080 g/mol. The summed E-state index contributed by atoms with van der Waals surface area (Å²) in [4.78, 5) is 4.97. The van der Waals surface area contributed by atoms with Crippen molar-refractivity contribution in [2.24, 2.45) is 4.99 Å². The number of alkyl halides is 15. The molecule has 0 saturated heterocycles. The molecule has 0 fully saturated rings. The Bertz CT molecular complexity index is 3030. The van der Waals surface area contributed by atoms with E-state index >= 15 is 26.3 Å². The zero-order valence-electron chi connectivity index (χ0n) is 46.4. The number of hydrogen-bond acceptors (Lipinski definition) is 3. The maximum Gasteiger partial charge on any atom is 0.598 e. The summed E-state index contributed by atoms with van der Waals surface area (Å²) in [5.74, 6) is -16.2. The minimum atomic E-state index is -6.39. The summed E-state index contributed by atoms with van der Waals surface area (Å²) in [7, 11) is -3.13. The fourth-order valence-electron chi connectivity index (χ4n) is 8.84. The molecule has 4 nitrogen and oxygen atoms in total. The predicted molar refractivity (Wildman–Crippen MR) is 284 cm³/mol. The van der Waals surface area contributed by atoms with E-state index in [1.54, 1.807) is 78.9 Å². The van der Waals surface area contributed by atoms with Gasteiger partial charge < -0.3 is 13.8 Å². The summed E-state index contributed by atoms with van der Waals surface area (Å²) in [6.45, 7) is 17.3. The van der Waals surface area contributed by atoms with E-state index < -0.39 is 104 Å². The van der Waals surface area contributed by atoms with Crippen LogP contribution in [0.3, 0.4) is 0 Å². The van der Waals surface area contributed by atoms with Crippen LogP contribution >= 0.6 is 0 Å².